The summed E-state index contributed by atoms with van der Waals surface area (Å²) in [7, 11) is 0. The highest BCUT2D eigenvalue weighted by Gasteiger charge is 2.19. The molecule has 1 aromatic rings. The second-order valence-electron chi connectivity index (χ2n) is 5.38. The number of nitrogens with one attached hydrogen (secondary N) is 1. The fourth-order valence-electron chi connectivity index (χ4n) is 2.77. The van der Waals surface area contributed by atoms with E-state index in [0.29, 0.717) is 12.6 Å². The van der Waals surface area contributed by atoms with Gasteiger partial charge in [-0.15, -0.1) is 0 Å². The molecule has 1 fully saturated rings. The second-order valence-corrected chi connectivity index (χ2v) is 5.38. The molecule has 1 aromatic carbocycles. The van der Waals surface area contributed by atoms with Gasteiger partial charge in [-0.25, -0.2) is 0 Å². The van der Waals surface area contributed by atoms with Gasteiger partial charge in [0.15, 0.2) is 0 Å². The van der Waals surface area contributed by atoms with Crippen molar-refractivity contribution in [3.8, 4) is 11.5 Å². The molecule has 0 amide bonds. The second kappa shape index (κ2) is 6.10. The van der Waals surface area contributed by atoms with Gasteiger partial charge < -0.3 is 15.5 Å². The Bertz CT molecular complexity index is 386. The highest BCUT2D eigenvalue weighted by Crippen LogP contribution is 2.27. The minimum absolute atomic E-state index is 0.108. The smallest absolute Gasteiger partial charge is 0.123 e. The van der Waals surface area contributed by atoms with Crippen molar-refractivity contribution in [2.75, 3.05) is 0 Å². The lowest BCUT2D eigenvalue weighted by Gasteiger charge is -2.28. The van der Waals surface area contributed by atoms with Crippen LogP contribution in [0.15, 0.2) is 18.2 Å². The summed E-state index contributed by atoms with van der Waals surface area (Å²) in [5.41, 5.74) is 0.843. The number of phenols is 2. The summed E-state index contributed by atoms with van der Waals surface area (Å²) in [6.07, 6.45) is 6.70. The highest BCUT2D eigenvalue weighted by molar-refractivity contribution is 5.38. The average Bonchev–Trinajstić information content (AvgIpc) is 2.38. The maximum Gasteiger partial charge on any atom is 0.123 e. The molecular formula is C15H23NO2. The number of phenolic OH excluding ortho intramolecular Hbond substituents is 2. The summed E-state index contributed by atoms with van der Waals surface area (Å²) >= 11 is 0. The SMILES string of the molecule is CC(NCc1ccc(O)cc1O)C1CCCCC1. The van der Waals surface area contributed by atoms with Gasteiger partial charge in [-0.2, -0.15) is 0 Å². The summed E-state index contributed by atoms with van der Waals surface area (Å²) in [5.74, 6) is 1.04. The predicted molar refractivity (Wildman–Crippen MR) is 72.6 cm³/mol. The number of hydrogen-bond donors (Lipinski definition) is 3. The fourth-order valence-corrected chi connectivity index (χ4v) is 2.77. The van der Waals surface area contributed by atoms with Crippen molar-refractivity contribution in [1.29, 1.82) is 0 Å². The van der Waals surface area contributed by atoms with Crippen LogP contribution in [0, 0.1) is 5.92 Å². The Morgan fingerprint density at radius 1 is 1.22 bits per heavy atom. The zero-order valence-electron chi connectivity index (χ0n) is 11.0. The van der Waals surface area contributed by atoms with Crippen molar-refractivity contribution in [3.05, 3.63) is 23.8 Å². The van der Waals surface area contributed by atoms with E-state index in [1.165, 1.54) is 38.2 Å². The molecule has 0 radical (unpaired) electrons. The zero-order chi connectivity index (χ0) is 13.0. The minimum Gasteiger partial charge on any atom is -0.508 e. The Labute approximate surface area is 109 Å². The molecule has 0 aromatic heterocycles. The van der Waals surface area contributed by atoms with Crippen molar-refractivity contribution in [2.24, 2.45) is 5.92 Å². The van der Waals surface area contributed by atoms with Crippen LogP contribution in [0.2, 0.25) is 0 Å². The molecule has 1 saturated carbocycles. The molecule has 18 heavy (non-hydrogen) atoms. The van der Waals surface area contributed by atoms with Crippen LogP contribution in [0.4, 0.5) is 0 Å². The molecule has 1 aliphatic rings. The first-order valence-electron chi connectivity index (χ1n) is 6.91. The molecule has 0 saturated heterocycles. The van der Waals surface area contributed by atoms with Gasteiger partial charge in [0, 0.05) is 24.2 Å². The third-order valence-electron chi connectivity index (χ3n) is 4.04. The summed E-state index contributed by atoms with van der Waals surface area (Å²) in [5, 5.41) is 22.4. The molecule has 2 rings (SSSR count). The van der Waals surface area contributed by atoms with Crippen molar-refractivity contribution in [1.82, 2.24) is 5.32 Å². The van der Waals surface area contributed by atoms with E-state index < -0.39 is 0 Å². The van der Waals surface area contributed by atoms with E-state index in [1.54, 1.807) is 12.1 Å². The van der Waals surface area contributed by atoms with Crippen LogP contribution in [0.3, 0.4) is 0 Å². The van der Waals surface area contributed by atoms with Crippen LogP contribution in [0.25, 0.3) is 0 Å². The molecule has 100 valence electrons. The minimum atomic E-state index is 0.108. The van der Waals surface area contributed by atoms with Crippen molar-refractivity contribution in [3.63, 3.8) is 0 Å². The number of hydrogen-bond acceptors (Lipinski definition) is 3. The van der Waals surface area contributed by atoms with E-state index >= 15 is 0 Å². The molecule has 0 aliphatic heterocycles. The molecule has 0 spiro atoms. The average molecular weight is 249 g/mol. The molecule has 0 heterocycles. The molecule has 1 unspecified atom stereocenters. The van der Waals surface area contributed by atoms with E-state index in [9.17, 15) is 10.2 Å². The quantitative estimate of drug-likeness (QED) is 0.768. The van der Waals surface area contributed by atoms with Crippen LogP contribution >= 0.6 is 0 Å². The third-order valence-corrected chi connectivity index (χ3v) is 4.04. The lowest BCUT2D eigenvalue weighted by molar-refractivity contribution is 0.280. The van der Waals surface area contributed by atoms with E-state index in [-0.39, 0.29) is 11.5 Å². The Kier molecular flexibility index (Phi) is 4.48. The maximum absolute atomic E-state index is 9.71. The normalized spacial score (nSPS) is 18.7. The lowest BCUT2D eigenvalue weighted by Crippen LogP contribution is -2.34. The van der Waals surface area contributed by atoms with Gasteiger partial charge in [-0.05, 0) is 31.7 Å². The Morgan fingerprint density at radius 3 is 2.61 bits per heavy atom. The van der Waals surface area contributed by atoms with Crippen LogP contribution in [-0.4, -0.2) is 16.3 Å². The molecular weight excluding hydrogens is 226 g/mol. The fraction of sp³-hybridized carbons (Fsp3) is 0.600. The topological polar surface area (TPSA) is 52.5 Å². The van der Waals surface area contributed by atoms with Crippen molar-refractivity contribution >= 4 is 0 Å². The van der Waals surface area contributed by atoms with E-state index in [1.807, 2.05) is 0 Å². The zero-order valence-corrected chi connectivity index (χ0v) is 11.0. The number of rotatable bonds is 4. The Hall–Kier alpha value is -1.22. The van der Waals surface area contributed by atoms with Gasteiger partial charge in [0.1, 0.15) is 11.5 Å². The van der Waals surface area contributed by atoms with Crippen molar-refractivity contribution < 1.29 is 10.2 Å². The van der Waals surface area contributed by atoms with Crippen LogP contribution in [0.5, 0.6) is 11.5 Å². The summed E-state index contributed by atoms with van der Waals surface area (Å²) in [6.45, 7) is 2.89. The Balaban J connectivity index is 1.86. The monoisotopic (exact) mass is 249 g/mol. The van der Waals surface area contributed by atoms with Gasteiger partial charge in [0.05, 0.1) is 0 Å². The lowest BCUT2D eigenvalue weighted by atomic mass is 9.84. The predicted octanol–water partition coefficient (Wildman–Crippen LogP) is 3.16. The van der Waals surface area contributed by atoms with Crippen LogP contribution in [0.1, 0.15) is 44.6 Å². The molecule has 0 bridgehead atoms. The maximum atomic E-state index is 9.71. The molecule has 3 nitrogen and oxygen atoms in total. The summed E-state index contributed by atoms with van der Waals surface area (Å²) in [6, 6.07) is 5.26. The van der Waals surface area contributed by atoms with E-state index in [0.717, 1.165) is 11.5 Å². The van der Waals surface area contributed by atoms with E-state index in [2.05, 4.69) is 12.2 Å². The Morgan fingerprint density at radius 2 is 1.94 bits per heavy atom. The van der Waals surface area contributed by atoms with Gasteiger partial charge in [0.25, 0.3) is 0 Å². The van der Waals surface area contributed by atoms with Crippen LogP contribution in [-0.2, 0) is 6.54 Å². The molecule has 1 aliphatic carbocycles. The van der Waals surface area contributed by atoms with Gasteiger partial charge in [0.2, 0.25) is 0 Å². The van der Waals surface area contributed by atoms with Gasteiger partial charge >= 0.3 is 0 Å². The summed E-state index contributed by atoms with van der Waals surface area (Å²) in [4.78, 5) is 0. The highest BCUT2D eigenvalue weighted by atomic mass is 16.3. The van der Waals surface area contributed by atoms with Gasteiger partial charge in [-0.3, -0.25) is 0 Å². The molecule has 1 atom stereocenters. The van der Waals surface area contributed by atoms with Gasteiger partial charge in [-0.1, -0.05) is 25.3 Å². The first-order chi connectivity index (χ1) is 8.66. The van der Waals surface area contributed by atoms with Crippen molar-refractivity contribution in [2.45, 2.75) is 51.6 Å². The van der Waals surface area contributed by atoms with Crippen LogP contribution < -0.4 is 5.32 Å². The number of benzene rings is 1. The molecule has 3 heteroatoms. The standard InChI is InChI=1S/C15H23NO2/c1-11(12-5-3-2-4-6-12)16-10-13-7-8-14(17)9-15(13)18/h7-9,11-12,16-18H,2-6,10H2,1H3. The third kappa shape index (κ3) is 3.39. The van der Waals surface area contributed by atoms with E-state index in [4.69, 9.17) is 0 Å². The molecule has 3 N–H and O–H groups in total. The first kappa shape index (κ1) is 13.2. The number of aromatic hydroxyl groups is 2. The first-order valence-corrected chi connectivity index (χ1v) is 6.91. The summed E-state index contributed by atoms with van der Waals surface area (Å²) < 4.78 is 0. The largest absolute Gasteiger partial charge is 0.508 e.